The van der Waals surface area contributed by atoms with Crippen molar-refractivity contribution >= 4 is 0 Å². The molecule has 0 N–H and O–H groups in total. The van der Waals surface area contributed by atoms with Gasteiger partial charge in [0.2, 0.25) is 0 Å². The van der Waals surface area contributed by atoms with Crippen LogP contribution >= 0.6 is 0 Å². The second-order valence-corrected chi connectivity index (χ2v) is 4.55. The van der Waals surface area contributed by atoms with Gasteiger partial charge in [0.05, 0.1) is 0 Å². The van der Waals surface area contributed by atoms with Crippen LogP contribution in [-0.2, 0) is 0 Å². The Morgan fingerprint density at radius 1 is 1.42 bits per heavy atom. The first-order valence-electron chi connectivity index (χ1n) is 4.98. The summed E-state index contributed by atoms with van der Waals surface area (Å²) in [7, 11) is 0. The molecular weight excluding hydrogens is 144 g/mol. The first-order chi connectivity index (χ1) is 5.64. The highest BCUT2D eigenvalue weighted by molar-refractivity contribution is 5.17. The Morgan fingerprint density at radius 2 is 2.17 bits per heavy atom. The molecular formula is C12H20. The lowest BCUT2D eigenvalue weighted by atomic mass is 9.83. The molecule has 0 heteroatoms. The zero-order valence-electron chi connectivity index (χ0n) is 8.56. The third kappa shape index (κ3) is 2.84. The van der Waals surface area contributed by atoms with E-state index in [0.717, 1.165) is 0 Å². The highest BCUT2D eigenvalue weighted by Gasteiger charge is 2.18. The predicted octanol–water partition coefficient (Wildman–Crippen LogP) is 4.09. The van der Waals surface area contributed by atoms with Crippen LogP contribution in [0.25, 0.3) is 0 Å². The number of allylic oxidation sites excluding steroid dienone is 4. The van der Waals surface area contributed by atoms with E-state index >= 15 is 0 Å². The van der Waals surface area contributed by atoms with E-state index in [1.807, 2.05) is 0 Å². The SMILES string of the molecule is CCCC1=CC=CCC(C)(C)C1. The van der Waals surface area contributed by atoms with Crippen molar-refractivity contribution in [1.29, 1.82) is 0 Å². The average molecular weight is 164 g/mol. The zero-order chi connectivity index (χ0) is 9.03. The molecule has 0 aromatic carbocycles. The molecule has 0 aliphatic heterocycles. The largest absolute Gasteiger partial charge is 0.0840 e. The molecule has 12 heavy (non-hydrogen) atoms. The van der Waals surface area contributed by atoms with Crippen LogP contribution in [0.1, 0.15) is 46.5 Å². The van der Waals surface area contributed by atoms with Gasteiger partial charge in [0.1, 0.15) is 0 Å². The van der Waals surface area contributed by atoms with Crippen LogP contribution in [-0.4, -0.2) is 0 Å². The van der Waals surface area contributed by atoms with Gasteiger partial charge in [-0.1, -0.05) is 51.0 Å². The third-order valence-corrected chi connectivity index (χ3v) is 2.42. The molecule has 0 atom stereocenters. The van der Waals surface area contributed by atoms with Gasteiger partial charge in [0.25, 0.3) is 0 Å². The number of rotatable bonds is 2. The lowest BCUT2D eigenvalue weighted by molar-refractivity contribution is 0.365. The van der Waals surface area contributed by atoms with E-state index in [1.54, 1.807) is 5.57 Å². The fourth-order valence-electron chi connectivity index (χ4n) is 1.83. The summed E-state index contributed by atoms with van der Waals surface area (Å²) in [4.78, 5) is 0. The maximum Gasteiger partial charge on any atom is -0.0263 e. The zero-order valence-corrected chi connectivity index (χ0v) is 8.56. The lowest BCUT2D eigenvalue weighted by Crippen LogP contribution is -2.10. The minimum Gasteiger partial charge on any atom is -0.0840 e. The normalized spacial score (nSPS) is 21.8. The van der Waals surface area contributed by atoms with Gasteiger partial charge in [0, 0.05) is 0 Å². The van der Waals surface area contributed by atoms with E-state index in [4.69, 9.17) is 0 Å². The molecule has 0 aromatic heterocycles. The predicted molar refractivity (Wildman–Crippen MR) is 55.1 cm³/mol. The number of hydrogen-bond donors (Lipinski definition) is 0. The van der Waals surface area contributed by atoms with Gasteiger partial charge in [-0.2, -0.15) is 0 Å². The molecule has 0 fully saturated rings. The van der Waals surface area contributed by atoms with Gasteiger partial charge < -0.3 is 0 Å². The molecule has 0 aromatic rings. The van der Waals surface area contributed by atoms with Crippen molar-refractivity contribution in [3.63, 3.8) is 0 Å². The summed E-state index contributed by atoms with van der Waals surface area (Å²) in [6.07, 6.45) is 11.9. The summed E-state index contributed by atoms with van der Waals surface area (Å²) in [5, 5.41) is 0. The summed E-state index contributed by atoms with van der Waals surface area (Å²) in [5.41, 5.74) is 2.10. The van der Waals surface area contributed by atoms with Gasteiger partial charge in [-0.3, -0.25) is 0 Å². The van der Waals surface area contributed by atoms with Crippen LogP contribution in [0.5, 0.6) is 0 Å². The van der Waals surface area contributed by atoms with Crippen LogP contribution in [0.4, 0.5) is 0 Å². The number of hydrogen-bond acceptors (Lipinski definition) is 0. The second kappa shape index (κ2) is 3.93. The Labute approximate surface area is 76.4 Å². The molecule has 1 rings (SSSR count). The van der Waals surface area contributed by atoms with Crippen molar-refractivity contribution in [2.75, 3.05) is 0 Å². The molecule has 0 nitrogen and oxygen atoms in total. The van der Waals surface area contributed by atoms with Crippen molar-refractivity contribution in [1.82, 2.24) is 0 Å². The lowest BCUT2D eigenvalue weighted by Gasteiger charge is -2.23. The fourth-order valence-corrected chi connectivity index (χ4v) is 1.83. The first kappa shape index (κ1) is 9.57. The van der Waals surface area contributed by atoms with E-state index in [1.165, 1.54) is 25.7 Å². The Morgan fingerprint density at radius 3 is 2.83 bits per heavy atom. The Balaban J connectivity index is 2.63. The second-order valence-electron chi connectivity index (χ2n) is 4.55. The van der Waals surface area contributed by atoms with Crippen LogP contribution < -0.4 is 0 Å². The summed E-state index contributed by atoms with van der Waals surface area (Å²) in [6, 6.07) is 0. The maximum atomic E-state index is 2.35. The highest BCUT2D eigenvalue weighted by atomic mass is 14.2. The Bertz CT molecular complexity index is 194. The van der Waals surface area contributed by atoms with Crippen molar-refractivity contribution in [3.8, 4) is 0 Å². The van der Waals surface area contributed by atoms with E-state index in [0.29, 0.717) is 5.41 Å². The van der Waals surface area contributed by atoms with Gasteiger partial charge in [0.15, 0.2) is 0 Å². The molecule has 0 radical (unpaired) electrons. The standard InChI is InChI=1S/C12H20/c1-4-7-11-8-5-6-9-12(2,3)10-11/h5-6,8H,4,7,9-10H2,1-3H3. The molecule has 68 valence electrons. The smallest absolute Gasteiger partial charge is 0.0263 e. The minimum atomic E-state index is 0.480. The van der Waals surface area contributed by atoms with Crippen molar-refractivity contribution < 1.29 is 0 Å². The molecule has 0 heterocycles. The summed E-state index contributed by atoms with van der Waals surface area (Å²) < 4.78 is 0. The summed E-state index contributed by atoms with van der Waals surface area (Å²) >= 11 is 0. The molecule has 0 saturated carbocycles. The van der Waals surface area contributed by atoms with Crippen molar-refractivity contribution in [3.05, 3.63) is 23.8 Å². The van der Waals surface area contributed by atoms with Gasteiger partial charge in [-0.25, -0.2) is 0 Å². The summed E-state index contributed by atoms with van der Waals surface area (Å²) in [6.45, 7) is 6.96. The monoisotopic (exact) mass is 164 g/mol. The average Bonchev–Trinajstić information content (AvgIpc) is 2.11. The Hall–Kier alpha value is -0.520. The van der Waals surface area contributed by atoms with Crippen LogP contribution in [0.3, 0.4) is 0 Å². The van der Waals surface area contributed by atoms with Crippen LogP contribution in [0.15, 0.2) is 23.8 Å². The van der Waals surface area contributed by atoms with Gasteiger partial charge in [-0.05, 0) is 24.7 Å². The maximum absolute atomic E-state index is 2.35. The van der Waals surface area contributed by atoms with Crippen molar-refractivity contribution in [2.45, 2.75) is 46.5 Å². The van der Waals surface area contributed by atoms with Gasteiger partial charge in [-0.15, -0.1) is 0 Å². The highest BCUT2D eigenvalue weighted by Crippen LogP contribution is 2.33. The topological polar surface area (TPSA) is 0 Å². The minimum absolute atomic E-state index is 0.480. The quantitative estimate of drug-likeness (QED) is 0.576. The van der Waals surface area contributed by atoms with Gasteiger partial charge >= 0.3 is 0 Å². The first-order valence-corrected chi connectivity index (χ1v) is 4.98. The van der Waals surface area contributed by atoms with E-state index in [2.05, 4.69) is 39.0 Å². The molecule has 1 aliphatic rings. The van der Waals surface area contributed by atoms with Crippen molar-refractivity contribution in [2.24, 2.45) is 5.41 Å². The molecule has 0 spiro atoms. The van der Waals surface area contributed by atoms with E-state index in [-0.39, 0.29) is 0 Å². The van der Waals surface area contributed by atoms with E-state index < -0.39 is 0 Å². The van der Waals surface area contributed by atoms with E-state index in [9.17, 15) is 0 Å². The van der Waals surface area contributed by atoms with Crippen LogP contribution in [0.2, 0.25) is 0 Å². The molecule has 0 unspecified atom stereocenters. The molecule has 0 bridgehead atoms. The summed E-state index contributed by atoms with van der Waals surface area (Å²) in [5.74, 6) is 0. The Kier molecular flexibility index (Phi) is 3.13. The van der Waals surface area contributed by atoms with Crippen LogP contribution in [0, 0.1) is 5.41 Å². The molecule has 0 amide bonds. The fraction of sp³-hybridized carbons (Fsp3) is 0.667. The third-order valence-electron chi connectivity index (χ3n) is 2.42. The molecule has 1 aliphatic carbocycles. The molecule has 0 saturated heterocycles.